The molecule has 0 fully saturated rings. The lowest BCUT2D eigenvalue weighted by molar-refractivity contribution is 0.0955. The number of rotatable bonds is 3. The first kappa shape index (κ1) is 15.1. The molecule has 1 amide bonds. The number of phenolic OH excluding ortho intramolecular Hbond substituents is 1. The van der Waals surface area contributed by atoms with E-state index >= 15 is 0 Å². The Hall–Kier alpha value is -2.85. The Morgan fingerprint density at radius 1 is 1.04 bits per heavy atom. The molecule has 3 aromatic rings. The molecule has 0 aliphatic rings. The molecule has 0 spiro atoms. The minimum absolute atomic E-state index is 0.105. The summed E-state index contributed by atoms with van der Waals surface area (Å²) < 4.78 is 0. The monoisotopic (exact) mass is 324 g/mol. The van der Waals surface area contributed by atoms with Gasteiger partial charge in [-0.15, -0.1) is 0 Å². The summed E-state index contributed by atoms with van der Waals surface area (Å²) in [5, 5.41) is 16.3. The fourth-order valence-electron chi connectivity index (χ4n) is 2.24. The third-order valence-corrected chi connectivity index (χ3v) is 3.67. The normalized spacial score (nSPS) is 11.0. The Balaban J connectivity index is 1.82. The van der Waals surface area contributed by atoms with Crippen LogP contribution in [-0.4, -0.2) is 17.2 Å². The predicted molar refractivity (Wildman–Crippen MR) is 92.1 cm³/mol. The standard InChI is InChI=1S/C18H13ClN2O2/c19-14-8-5-13(6-9-14)18(23)21-20-11-16-15-4-2-1-3-12(15)7-10-17(16)22/h1-11,22H,(H,21,23)/b20-11+. The van der Waals surface area contributed by atoms with E-state index in [0.717, 1.165) is 10.8 Å². The first-order valence-corrected chi connectivity index (χ1v) is 7.32. The van der Waals surface area contributed by atoms with Crippen LogP contribution in [0.2, 0.25) is 5.02 Å². The van der Waals surface area contributed by atoms with Crippen molar-refractivity contribution in [2.75, 3.05) is 0 Å². The van der Waals surface area contributed by atoms with Gasteiger partial charge in [0.2, 0.25) is 0 Å². The Labute approximate surface area is 138 Å². The quantitative estimate of drug-likeness (QED) is 0.566. The summed E-state index contributed by atoms with van der Waals surface area (Å²) in [5.74, 6) is -0.245. The number of carbonyl (C=O) groups excluding carboxylic acids is 1. The molecule has 0 unspecified atom stereocenters. The number of halogens is 1. The van der Waals surface area contributed by atoms with Crippen molar-refractivity contribution in [3.05, 3.63) is 76.8 Å². The van der Waals surface area contributed by atoms with Gasteiger partial charge in [0.1, 0.15) is 5.75 Å². The molecule has 0 aromatic heterocycles. The van der Waals surface area contributed by atoms with E-state index in [1.165, 1.54) is 6.21 Å². The molecule has 0 bridgehead atoms. The summed E-state index contributed by atoms with van der Waals surface area (Å²) in [5.41, 5.74) is 3.44. The lowest BCUT2D eigenvalue weighted by atomic mass is 10.0. The van der Waals surface area contributed by atoms with E-state index < -0.39 is 0 Å². The van der Waals surface area contributed by atoms with Crippen LogP contribution >= 0.6 is 11.6 Å². The van der Waals surface area contributed by atoms with Gasteiger partial charge < -0.3 is 5.11 Å². The van der Waals surface area contributed by atoms with Gasteiger partial charge in [0.25, 0.3) is 5.91 Å². The molecule has 3 aromatic carbocycles. The number of amides is 1. The molecule has 0 aliphatic heterocycles. The molecule has 0 saturated heterocycles. The van der Waals surface area contributed by atoms with Crippen molar-refractivity contribution in [1.29, 1.82) is 0 Å². The van der Waals surface area contributed by atoms with Crippen molar-refractivity contribution < 1.29 is 9.90 Å². The first-order valence-electron chi connectivity index (χ1n) is 6.95. The third kappa shape index (κ3) is 3.33. The number of aromatic hydroxyl groups is 1. The smallest absolute Gasteiger partial charge is 0.271 e. The molecular formula is C18H13ClN2O2. The number of nitrogens with zero attached hydrogens (tertiary/aromatic N) is 1. The number of hydrogen-bond acceptors (Lipinski definition) is 3. The van der Waals surface area contributed by atoms with Gasteiger partial charge in [-0.3, -0.25) is 4.79 Å². The highest BCUT2D eigenvalue weighted by molar-refractivity contribution is 6.30. The summed E-state index contributed by atoms with van der Waals surface area (Å²) in [6.45, 7) is 0. The van der Waals surface area contributed by atoms with Crippen molar-refractivity contribution in [3.8, 4) is 5.75 Å². The third-order valence-electron chi connectivity index (χ3n) is 3.41. The van der Waals surface area contributed by atoms with E-state index in [1.54, 1.807) is 30.3 Å². The maximum Gasteiger partial charge on any atom is 0.271 e. The van der Waals surface area contributed by atoms with Crippen molar-refractivity contribution in [2.45, 2.75) is 0 Å². The van der Waals surface area contributed by atoms with Crippen LogP contribution in [0.15, 0.2) is 65.8 Å². The number of phenols is 1. The maximum absolute atomic E-state index is 12.0. The van der Waals surface area contributed by atoms with Crippen LogP contribution in [0.1, 0.15) is 15.9 Å². The molecule has 3 rings (SSSR count). The largest absolute Gasteiger partial charge is 0.507 e. The van der Waals surface area contributed by atoms with Crippen LogP contribution in [-0.2, 0) is 0 Å². The van der Waals surface area contributed by atoms with Crippen molar-refractivity contribution in [1.82, 2.24) is 5.43 Å². The number of carbonyl (C=O) groups is 1. The Bertz CT molecular complexity index is 889. The van der Waals surface area contributed by atoms with Gasteiger partial charge in [0.15, 0.2) is 0 Å². The summed E-state index contributed by atoms with van der Waals surface area (Å²) >= 11 is 5.78. The molecule has 0 heterocycles. The fourth-order valence-corrected chi connectivity index (χ4v) is 2.37. The number of fused-ring (bicyclic) bond motifs is 1. The summed E-state index contributed by atoms with van der Waals surface area (Å²) in [6, 6.07) is 17.6. The van der Waals surface area contributed by atoms with Crippen molar-refractivity contribution >= 4 is 34.5 Å². The molecule has 2 N–H and O–H groups in total. The highest BCUT2D eigenvalue weighted by Crippen LogP contribution is 2.25. The SMILES string of the molecule is O=C(N/N=C/c1c(O)ccc2ccccc12)c1ccc(Cl)cc1. The summed E-state index contributed by atoms with van der Waals surface area (Å²) in [4.78, 5) is 12.0. The zero-order valence-corrected chi connectivity index (χ0v) is 12.8. The molecule has 0 saturated carbocycles. The average Bonchev–Trinajstić information content (AvgIpc) is 2.57. The van der Waals surface area contributed by atoms with Crippen LogP contribution in [0.25, 0.3) is 10.8 Å². The maximum atomic E-state index is 12.0. The van der Waals surface area contributed by atoms with Gasteiger partial charge in [-0.1, -0.05) is 41.9 Å². The molecule has 5 heteroatoms. The molecule has 0 radical (unpaired) electrons. The highest BCUT2D eigenvalue weighted by atomic mass is 35.5. The fraction of sp³-hybridized carbons (Fsp3) is 0. The average molecular weight is 325 g/mol. The molecule has 0 atom stereocenters. The van der Waals surface area contributed by atoms with E-state index in [0.29, 0.717) is 16.1 Å². The van der Waals surface area contributed by atoms with Crippen molar-refractivity contribution in [3.63, 3.8) is 0 Å². The second-order valence-corrected chi connectivity index (χ2v) is 5.36. The van der Waals surface area contributed by atoms with Gasteiger partial charge in [-0.25, -0.2) is 5.43 Å². The predicted octanol–water partition coefficient (Wildman–Crippen LogP) is 3.96. The Morgan fingerprint density at radius 3 is 2.57 bits per heavy atom. The van der Waals surface area contributed by atoms with E-state index in [1.807, 2.05) is 30.3 Å². The minimum atomic E-state index is -0.349. The van der Waals surface area contributed by atoms with E-state index in [4.69, 9.17) is 11.6 Å². The molecule has 4 nitrogen and oxygen atoms in total. The Morgan fingerprint density at radius 2 is 1.78 bits per heavy atom. The minimum Gasteiger partial charge on any atom is -0.507 e. The molecular weight excluding hydrogens is 312 g/mol. The zero-order valence-electron chi connectivity index (χ0n) is 12.0. The number of hydrogen-bond donors (Lipinski definition) is 2. The second-order valence-electron chi connectivity index (χ2n) is 4.93. The van der Waals surface area contributed by atoms with Crippen LogP contribution in [0, 0.1) is 0 Å². The van der Waals surface area contributed by atoms with Gasteiger partial charge in [-0.2, -0.15) is 5.10 Å². The van der Waals surface area contributed by atoms with Crippen LogP contribution in [0.3, 0.4) is 0 Å². The van der Waals surface area contributed by atoms with Crippen molar-refractivity contribution in [2.24, 2.45) is 5.10 Å². The Kier molecular flexibility index (Phi) is 4.26. The van der Waals surface area contributed by atoms with Crippen LogP contribution in [0.5, 0.6) is 5.75 Å². The van der Waals surface area contributed by atoms with Gasteiger partial charge in [0.05, 0.1) is 6.21 Å². The van der Waals surface area contributed by atoms with Gasteiger partial charge in [0, 0.05) is 16.1 Å². The molecule has 23 heavy (non-hydrogen) atoms. The number of benzene rings is 3. The molecule has 0 aliphatic carbocycles. The first-order chi connectivity index (χ1) is 11.1. The zero-order chi connectivity index (χ0) is 16.2. The van der Waals surface area contributed by atoms with Crippen LogP contribution in [0.4, 0.5) is 0 Å². The number of nitrogens with one attached hydrogen (secondary N) is 1. The van der Waals surface area contributed by atoms with Gasteiger partial charge >= 0.3 is 0 Å². The number of hydrazone groups is 1. The molecule has 114 valence electrons. The highest BCUT2D eigenvalue weighted by Gasteiger charge is 2.06. The van der Waals surface area contributed by atoms with E-state index in [-0.39, 0.29) is 11.7 Å². The van der Waals surface area contributed by atoms with E-state index in [2.05, 4.69) is 10.5 Å². The van der Waals surface area contributed by atoms with E-state index in [9.17, 15) is 9.90 Å². The lowest BCUT2D eigenvalue weighted by Gasteiger charge is -2.05. The second kappa shape index (κ2) is 6.50. The summed E-state index contributed by atoms with van der Waals surface area (Å²) in [7, 11) is 0. The topological polar surface area (TPSA) is 61.7 Å². The van der Waals surface area contributed by atoms with Gasteiger partial charge in [-0.05, 0) is 41.1 Å². The summed E-state index contributed by atoms with van der Waals surface area (Å²) in [6.07, 6.45) is 1.44. The lowest BCUT2D eigenvalue weighted by Crippen LogP contribution is -2.17. The van der Waals surface area contributed by atoms with Crippen LogP contribution < -0.4 is 5.43 Å².